The standard InChI is InChI=1S/C11H6N2O4S/c12-3-4-17-11(14)10-6-7-5-8(13(15)16)1-2-9(7)18-10/h1-2,5-6H,4H2. The molecule has 0 saturated heterocycles. The van der Waals surface area contributed by atoms with Crippen molar-refractivity contribution in [3.8, 4) is 6.07 Å². The lowest BCUT2D eigenvalue weighted by Crippen LogP contribution is -2.02. The van der Waals surface area contributed by atoms with Crippen molar-refractivity contribution in [3.05, 3.63) is 39.3 Å². The van der Waals surface area contributed by atoms with Crippen molar-refractivity contribution in [1.29, 1.82) is 5.26 Å². The van der Waals surface area contributed by atoms with E-state index in [9.17, 15) is 14.9 Å². The Morgan fingerprint density at radius 3 is 2.94 bits per heavy atom. The van der Waals surface area contributed by atoms with Crippen LogP contribution in [0.4, 0.5) is 5.69 Å². The van der Waals surface area contributed by atoms with E-state index in [2.05, 4.69) is 4.74 Å². The van der Waals surface area contributed by atoms with Gasteiger partial charge in [-0.25, -0.2) is 4.79 Å². The number of nitrogens with zero attached hydrogens (tertiary/aromatic N) is 2. The minimum Gasteiger partial charge on any atom is -0.446 e. The second kappa shape index (κ2) is 4.81. The molecule has 0 bridgehead atoms. The molecule has 0 fully saturated rings. The van der Waals surface area contributed by atoms with E-state index in [0.717, 1.165) is 4.70 Å². The summed E-state index contributed by atoms with van der Waals surface area (Å²) in [5.41, 5.74) is -0.0303. The van der Waals surface area contributed by atoms with Crippen molar-refractivity contribution < 1.29 is 14.5 Å². The molecule has 90 valence electrons. The molecule has 7 heteroatoms. The van der Waals surface area contributed by atoms with Crippen LogP contribution in [0.2, 0.25) is 0 Å². The molecular weight excluding hydrogens is 256 g/mol. The molecule has 2 aromatic rings. The monoisotopic (exact) mass is 262 g/mol. The molecule has 0 saturated carbocycles. The first-order chi connectivity index (χ1) is 8.61. The molecule has 6 nitrogen and oxygen atoms in total. The summed E-state index contributed by atoms with van der Waals surface area (Å²) in [6, 6.07) is 7.58. The van der Waals surface area contributed by atoms with Crippen molar-refractivity contribution in [1.82, 2.24) is 0 Å². The number of esters is 1. The molecular formula is C11H6N2O4S. The van der Waals surface area contributed by atoms with Gasteiger partial charge in [-0.15, -0.1) is 11.3 Å². The van der Waals surface area contributed by atoms with Gasteiger partial charge in [0, 0.05) is 22.2 Å². The second-order valence-electron chi connectivity index (χ2n) is 3.32. The maximum atomic E-state index is 11.5. The van der Waals surface area contributed by atoms with Crippen LogP contribution in [0.1, 0.15) is 9.67 Å². The van der Waals surface area contributed by atoms with Gasteiger partial charge in [-0.2, -0.15) is 5.26 Å². The zero-order valence-electron chi connectivity index (χ0n) is 8.95. The number of hydrogen-bond acceptors (Lipinski definition) is 6. The third-order valence-corrected chi connectivity index (χ3v) is 3.28. The fraction of sp³-hybridized carbons (Fsp3) is 0.0909. The Kier molecular flexibility index (Phi) is 3.21. The van der Waals surface area contributed by atoms with Gasteiger partial charge in [0.15, 0.2) is 6.61 Å². The Labute approximate surface area is 105 Å². The van der Waals surface area contributed by atoms with Crippen LogP contribution in [0.3, 0.4) is 0 Å². The molecule has 1 heterocycles. The van der Waals surface area contributed by atoms with Crippen LogP contribution in [0.25, 0.3) is 10.1 Å². The average Bonchev–Trinajstić information content (AvgIpc) is 2.78. The van der Waals surface area contributed by atoms with Crippen LogP contribution in [-0.4, -0.2) is 17.5 Å². The molecule has 0 atom stereocenters. The second-order valence-corrected chi connectivity index (χ2v) is 4.41. The topological polar surface area (TPSA) is 93.2 Å². The highest BCUT2D eigenvalue weighted by molar-refractivity contribution is 7.20. The van der Waals surface area contributed by atoms with Gasteiger partial charge in [-0.1, -0.05) is 0 Å². The quantitative estimate of drug-likeness (QED) is 0.481. The molecule has 0 unspecified atom stereocenters. The fourth-order valence-corrected chi connectivity index (χ4v) is 2.35. The van der Waals surface area contributed by atoms with Crippen LogP contribution >= 0.6 is 11.3 Å². The SMILES string of the molecule is N#CCOC(=O)c1cc2cc([N+](=O)[O-])ccc2s1. The van der Waals surface area contributed by atoms with Gasteiger partial charge in [0.05, 0.1) is 4.92 Å². The summed E-state index contributed by atoms with van der Waals surface area (Å²) in [5.74, 6) is -0.597. The highest BCUT2D eigenvalue weighted by Gasteiger charge is 2.14. The summed E-state index contributed by atoms with van der Waals surface area (Å²) in [5, 5.41) is 19.5. The number of nitro groups is 1. The minimum atomic E-state index is -0.597. The van der Waals surface area contributed by atoms with Gasteiger partial charge in [-0.05, 0) is 12.1 Å². The third kappa shape index (κ3) is 2.28. The van der Waals surface area contributed by atoms with Crippen molar-refractivity contribution >= 4 is 33.1 Å². The van der Waals surface area contributed by atoms with E-state index in [1.165, 1.54) is 29.5 Å². The largest absolute Gasteiger partial charge is 0.446 e. The number of benzene rings is 1. The molecule has 0 amide bonds. The van der Waals surface area contributed by atoms with Gasteiger partial charge in [-0.3, -0.25) is 10.1 Å². The highest BCUT2D eigenvalue weighted by atomic mass is 32.1. The predicted octanol–water partition coefficient (Wildman–Crippen LogP) is 2.49. The maximum Gasteiger partial charge on any atom is 0.349 e. The van der Waals surface area contributed by atoms with E-state index in [-0.39, 0.29) is 12.3 Å². The van der Waals surface area contributed by atoms with Crippen molar-refractivity contribution in [2.45, 2.75) is 0 Å². The number of ether oxygens (including phenoxy) is 1. The van der Waals surface area contributed by atoms with Crippen LogP contribution in [-0.2, 0) is 4.74 Å². The molecule has 1 aromatic carbocycles. The van der Waals surface area contributed by atoms with E-state index < -0.39 is 10.9 Å². The van der Waals surface area contributed by atoms with Gasteiger partial charge in [0.2, 0.25) is 0 Å². The fourth-order valence-electron chi connectivity index (χ4n) is 1.41. The number of nitro benzene ring substituents is 1. The summed E-state index contributed by atoms with van der Waals surface area (Å²) < 4.78 is 5.42. The van der Waals surface area contributed by atoms with E-state index in [1.807, 2.05) is 0 Å². The lowest BCUT2D eigenvalue weighted by molar-refractivity contribution is -0.384. The molecule has 0 spiro atoms. The number of nitriles is 1. The number of hydrogen-bond donors (Lipinski definition) is 0. The number of carbonyl (C=O) groups excluding carboxylic acids is 1. The minimum absolute atomic E-state index is 0.0303. The van der Waals surface area contributed by atoms with Crippen LogP contribution in [0, 0.1) is 21.4 Å². The van der Waals surface area contributed by atoms with E-state index in [4.69, 9.17) is 5.26 Å². The Morgan fingerprint density at radius 1 is 1.50 bits per heavy atom. The van der Waals surface area contributed by atoms with Crippen molar-refractivity contribution in [2.24, 2.45) is 0 Å². The number of thiophene rings is 1. The highest BCUT2D eigenvalue weighted by Crippen LogP contribution is 2.29. The number of carbonyl (C=O) groups is 1. The predicted molar refractivity (Wildman–Crippen MR) is 64.4 cm³/mol. The van der Waals surface area contributed by atoms with Gasteiger partial charge in [0.25, 0.3) is 5.69 Å². The lowest BCUT2D eigenvalue weighted by Gasteiger charge is -1.94. The first-order valence-corrected chi connectivity index (χ1v) is 5.65. The maximum absolute atomic E-state index is 11.5. The van der Waals surface area contributed by atoms with Crippen LogP contribution < -0.4 is 0 Å². The summed E-state index contributed by atoms with van der Waals surface area (Å²) >= 11 is 1.17. The van der Waals surface area contributed by atoms with E-state index in [0.29, 0.717) is 10.3 Å². The number of non-ortho nitro benzene ring substituents is 1. The molecule has 1 aromatic heterocycles. The Morgan fingerprint density at radius 2 is 2.28 bits per heavy atom. The van der Waals surface area contributed by atoms with Gasteiger partial charge >= 0.3 is 5.97 Å². The number of fused-ring (bicyclic) bond motifs is 1. The molecule has 18 heavy (non-hydrogen) atoms. The first-order valence-electron chi connectivity index (χ1n) is 4.84. The number of rotatable bonds is 3. The van der Waals surface area contributed by atoms with Crippen LogP contribution in [0.15, 0.2) is 24.3 Å². The third-order valence-electron chi connectivity index (χ3n) is 2.18. The molecule has 0 aliphatic carbocycles. The Hall–Kier alpha value is -2.46. The summed E-state index contributed by atoms with van der Waals surface area (Å²) in [6.07, 6.45) is 0. The zero-order chi connectivity index (χ0) is 13.1. The molecule has 0 N–H and O–H groups in total. The van der Waals surface area contributed by atoms with E-state index in [1.54, 1.807) is 12.1 Å². The Balaban J connectivity index is 2.36. The van der Waals surface area contributed by atoms with Gasteiger partial charge < -0.3 is 4.74 Å². The lowest BCUT2D eigenvalue weighted by atomic mass is 10.2. The normalized spacial score (nSPS) is 9.94. The van der Waals surface area contributed by atoms with Gasteiger partial charge in [0.1, 0.15) is 10.9 Å². The first kappa shape index (κ1) is 12.0. The summed E-state index contributed by atoms with van der Waals surface area (Å²) in [4.78, 5) is 21.9. The molecule has 2 rings (SSSR count). The van der Waals surface area contributed by atoms with Crippen molar-refractivity contribution in [3.63, 3.8) is 0 Å². The van der Waals surface area contributed by atoms with E-state index >= 15 is 0 Å². The molecule has 0 aliphatic rings. The summed E-state index contributed by atoms with van der Waals surface area (Å²) in [6.45, 7) is -0.312. The van der Waals surface area contributed by atoms with Crippen LogP contribution in [0.5, 0.6) is 0 Å². The molecule has 0 aliphatic heterocycles. The smallest absolute Gasteiger partial charge is 0.349 e. The molecule has 0 radical (unpaired) electrons. The average molecular weight is 262 g/mol. The summed E-state index contributed by atoms with van der Waals surface area (Å²) in [7, 11) is 0. The van der Waals surface area contributed by atoms with Crippen molar-refractivity contribution in [2.75, 3.05) is 6.61 Å². The zero-order valence-corrected chi connectivity index (χ0v) is 9.77. The Bertz CT molecular complexity index is 671.